The molecule has 0 aliphatic heterocycles. The topological polar surface area (TPSA) is 68.3 Å². The Morgan fingerprint density at radius 3 is 2.50 bits per heavy atom. The van der Waals surface area contributed by atoms with Gasteiger partial charge in [0.2, 0.25) is 0 Å². The molecule has 11 heteroatoms. The van der Waals surface area contributed by atoms with Gasteiger partial charge in [0.25, 0.3) is 18.8 Å². The van der Waals surface area contributed by atoms with Gasteiger partial charge in [-0.15, -0.1) is 0 Å². The quantitative estimate of drug-likeness (QED) is 0.597. The van der Waals surface area contributed by atoms with Crippen molar-refractivity contribution in [2.24, 2.45) is 0 Å². The standard InChI is InChI=1S/C17H18F4N6O/c1-4-26-9(2)10(7-22-26)8-25(3)17(28)12-6-14-23-11(15(18)19)5-13(16(20)21)27(14)24-12/h5-7,15-16H,4,8H2,1-3H3. The maximum absolute atomic E-state index is 13.2. The molecule has 1 amide bonds. The van der Waals surface area contributed by atoms with Crippen LogP contribution in [-0.2, 0) is 13.1 Å². The Kier molecular flexibility index (Phi) is 5.34. The van der Waals surface area contributed by atoms with Crippen LogP contribution < -0.4 is 0 Å². The first-order valence-corrected chi connectivity index (χ1v) is 8.46. The van der Waals surface area contributed by atoms with Gasteiger partial charge >= 0.3 is 0 Å². The van der Waals surface area contributed by atoms with Crippen LogP contribution in [0.1, 0.15) is 52.9 Å². The SMILES string of the molecule is CCn1ncc(CN(C)C(=O)c2cc3nc(C(F)F)cc(C(F)F)n3n2)c1C. The predicted molar refractivity (Wildman–Crippen MR) is 91.3 cm³/mol. The van der Waals surface area contributed by atoms with E-state index < -0.39 is 30.1 Å². The number of hydrogen-bond acceptors (Lipinski definition) is 4. The molecule has 0 atom stereocenters. The van der Waals surface area contributed by atoms with Gasteiger partial charge in [0.1, 0.15) is 11.4 Å². The lowest BCUT2D eigenvalue weighted by Gasteiger charge is -2.15. The zero-order chi connectivity index (χ0) is 20.6. The van der Waals surface area contributed by atoms with Crippen molar-refractivity contribution < 1.29 is 22.4 Å². The number of alkyl halides is 4. The van der Waals surface area contributed by atoms with Crippen molar-refractivity contribution in [3.05, 3.63) is 46.7 Å². The maximum Gasteiger partial charge on any atom is 0.280 e. The van der Waals surface area contributed by atoms with E-state index in [2.05, 4.69) is 15.2 Å². The molecule has 150 valence electrons. The number of amides is 1. The third-order valence-corrected chi connectivity index (χ3v) is 4.40. The monoisotopic (exact) mass is 398 g/mol. The van der Waals surface area contributed by atoms with Crippen LogP contribution in [-0.4, -0.2) is 42.2 Å². The molecule has 0 spiro atoms. The van der Waals surface area contributed by atoms with Crippen LogP contribution in [0.5, 0.6) is 0 Å². The van der Waals surface area contributed by atoms with E-state index in [1.54, 1.807) is 10.9 Å². The maximum atomic E-state index is 13.2. The Labute approximate surface area is 157 Å². The van der Waals surface area contributed by atoms with Crippen LogP contribution in [0.3, 0.4) is 0 Å². The molecule has 7 nitrogen and oxygen atoms in total. The van der Waals surface area contributed by atoms with Crippen molar-refractivity contribution >= 4 is 11.6 Å². The van der Waals surface area contributed by atoms with E-state index in [-0.39, 0.29) is 17.9 Å². The Morgan fingerprint density at radius 2 is 1.93 bits per heavy atom. The van der Waals surface area contributed by atoms with Gasteiger partial charge < -0.3 is 4.90 Å². The zero-order valence-corrected chi connectivity index (χ0v) is 15.4. The largest absolute Gasteiger partial charge is 0.336 e. The van der Waals surface area contributed by atoms with Gasteiger partial charge in [-0.25, -0.2) is 27.1 Å². The number of hydrogen-bond donors (Lipinski definition) is 0. The summed E-state index contributed by atoms with van der Waals surface area (Å²) >= 11 is 0. The number of nitrogens with zero attached hydrogens (tertiary/aromatic N) is 6. The fourth-order valence-electron chi connectivity index (χ4n) is 2.87. The van der Waals surface area contributed by atoms with Gasteiger partial charge in [-0.05, 0) is 19.9 Å². The van der Waals surface area contributed by atoms with E-state index in [1.807, 2.05) is 13.8 Å². The van der Waals surface area contributed by atoms with Crippen LogP contribution >= 0.6 is 0 Å². The van der Waals surface area contributed by atoms with Crippen molar-refractivity contribution in [3.63, 3.8) is 0 Å². The van der Waals surface area contributed by atoms with Crippen molar-refractivity contribution in [3.8, 4) is 0 Å². The smallest absolute Gasteiger partial charge is 0.280 e. The highest BCUT2D eigenvalue weighted by Crippen LogP contribution is 2.25. The highest BCUT2D eigenvalue weighted by atomic mass is 19.3. The Morgan fingerprint density at radius 1 is 1.21 bits per heavy atom. The van der Waals surface area contributed by atoms with Crippen molar-refractivity contribution in [1.82, 2.24) is 29.3 Å². The van der Waals surface area contributed by atoms with Gasteiger partial charge in [-0.3, -0.25) is 9.48 Å². The Balaban J connectivity index is 1.92. The molecule has 0 radical (unpaired) electrons. The fraction of sp³-hybridized carbons (Fsp3) is 0.412. The number of halogens is 4. The van der Waals surface area contributed by atoms with Gasteiger partial charge in [-0.2, -0.15) is 10.2 Å². The lowest BCUT2D eigenvalue weighted by molar-refractivity contribution is 0.0777. The third-order valence-electron chi connectivity index (χ3n) is 4.40. The fourth-order valence-corrected chi connectivity index (χ4v) is 2.87. The summed E-state index contributed by atoms with van der Waals surface area (Å²) in [6.45, 7) is 4.73. The van der Waals surface area contributed by atoms with Crippen LogP contribution in [0.2, 0.25) is 0 Å². The van der Waals surface area contributed by atoms with E-state index >= 15 is 0 Å². The second kappa shape index (κ2) is 7.56. The molecule has 28 heavy (non-hydrogen) atoms. The van der Waals surface area contributed by atoms with Crippen LogP contribution in [0, 0.1) is 6.92 Å². The highest BCUT2D eigenvalue weighted by molar-refractivity contribution is 5.93. The number of carbonyl (C=O) groups is 1. The van der Waals surface area contributed by atoms with Gasteiger partial charge in [0.15, 0.2) is 11.3 Å². The van der Waals surface area contributed by atoms with Gasteiger partial charge in [0.05, 0.1) is 6.20 Å². The normalized spacial score (nSPS) is 11.8. The van der Waals surface area contributed by atoms with Crippen LogP contribution in [0.15, 0.2) is 18.3 Å². The van der Waals surface area contributed by atoms with Crippen LogP contribution in [0.25, 0.3) is 5.65 Å². The first-order valence-electron chi connectivity index (χ1n) is 8.46. The number of fused-ring (bicyclic) bond motifs is 1. The minimum atomic E-state index is -3.05. The number of aromatic nitrogens is 5. The van der Waals surface area contributed by atoms with Crippen molar-refractivity contribution in [2.45, 2.75) is 39.8 Å². The second-order valence-electron chi connectivity index (χ2n) is 6.24. The highest BCUT2D eigenvalue weighted by Gasteiger charge is 2.23. The molecule has 0 aliphatic rings. The average Bonchev–Trinajstić information content (AvgIpc) is 3.23. The number of aryl methyl sites for hydroxylation is 1. The minimum Gasteiger partial charge on any atom is -0.336 e. The van der Waals surface area contributed by atoms with Crippen molar-refractivity contribution in [2.75, 3.05) is 7.05 Å². The summed E-state index contributed by atoms with van der Waals surface area (Å²) < 4.78 is 54.8. The summed E-state index contributed by atoms with van der Waals surface area (Å²) in [5.74, 6) is -0.548. The predicted octanol–water partition coefficient (Wildman–Crippen LogP) is 3.40. The first-order chi connectivity index (χ1) is 13.2. The minimum absolute atomic E-state index is 0.163. The van der Waals surface area contributed by atoms with E-state index in [0.29, 0.717) is 12.6 Å². The molecule has 0 bridgehead atoms. The zero-order valence-electron chi connectivity index (χ0n) is 15.4. The summed E-state index contributed by atoms with van der Waals surface area (Å²) in [5.41, 5.74) is -0.211. The molecule has 0 unspecified atom stereocenters. The Hall–Kier alpha value is -2.98. The second-order valence-corrected chi connectivity index (χ2v) is 6.24. The molecular formula is C17H18F4N6O. The van der Waals surface area contributed by atoms with Gasteiger partial charge in [-0.1, -0.05) is 0 Å². The molecule has 3 rings (SSSR count). The van der Waals surface area contributed by atoms with Crippen LogP contribution in [0.4, 0.5) is 17.6 Å². The van der Waals surface area contributed by atoms with E-state index in [9.17, 15) is 22.4 Å². The summed E-state index contributed by atoms with van der Waals surface area (Å²) in [6, 6.07) is 1.72. The molecule has 0 fully saturated rings. The Bertz CT molecular complexity index is 1010. The van der Waals surface area contributed by atoms with E-state index in [0.717, 1.165) is 21.8 Å². The van der Waals surface area contributed by atoms with E-state index in [1.165, 1.54) is 11.9 Å². The number of rotatable bonds is 6. The molecule has 0 aromatic carbocycles. The summed E-state index contributed by atoms with van der Waals surface area (Å²) in [5, 5.41) is 8.06. The van der Waals surface area contributed by atoms with E-state index in [4.69, 9.17) is 0 Å². The average molecular weight is 398 g/mol. The third kappa shape index (κ3) is 3.56. The molecule has 3 aromatic rings. The lowest BCUT2D eigenvalue weighted by atomic mass is 10.2. The molecule has 0 saturated carbocycles. The first kappa shape index (κ1) is 19.8. The van der Waals surface area contributed by atoms with Crippen molar-refractivity contribution in [1.29, 1.82) is 0 Å². The molecule has 3 heterocycles. The van der Waals surface area contributed by atoms with Gasteiger partial charge in [0, 0.05) is 37.5 Å². The molecule has 0 aliphatic carbocycles. The molecule has 3 aromatic heterocycles. The lowest BCUT2D eigenvalue weighted by Crippen LogP contribution is -2.27. The summed E-state index contributed by atoms with van der Waals surface area (Å²) in [6.07, 6.45) is -4.42. The summed E-state index contributed by atoms with van der Waals surface area (Å²) in [7, 11) is 1.53. The molecular weight excluding hydrogens is 380 g/mol. The summed E-state index contributed by atoms with van der Waals surface area (Å²) in [4.78, 5) is 17.6. The molecule has 0 saturated heterocycles. The number of carbonyl (C=O) groups excluding carboxylic acids is 1. The molecule has 0 N–H and O–H groups in total.